The van der Waals surface area contributed by atoms with E-state index in [4.69, 9.17) is 16.9 Å². The molecule has 0 saturated carbocycles. The Balaban J connectivity index is 2.83. The standard InChI is InChI=1S/C9H7ClN4/c1-6-2-3-7(5-11)9-12-8(4-10)13-14(6)9/h2-3H,4H2,1H3. The van der Waals surface area contributed by atoms with E-state index < -0.39 is 0 Å². The lowest BCUT2D eigenvalue weighted by atomic mass is 10.2. The number of rotatable bonds is 1. The van der Waals surface area contributed by atoms with E-state index in [2.05, 4.69) is 16.2 Å². The number of hydrogen-bond donors (Lipinski definition) is 0. The second-order valence-corrected chi connectivity index (χ2v) is 3.16. The number of pyridine rings is 1. The van der Waals surface area contributed by atoms with Gasteiger partial charge in [0.1, 0.15) is 6.07 Å². The summed E-state index contributed by atoms with van der Waals surface area (Å²) >= 11 is 5.63. The molecule has 2 aromatic rings. The Morgan fingerprint density at radius 1 is 1.57 bits per heavy atom. The second kappa shape index (κ2) is 3.28. The zero-order chi connectivity index (χ0) is 10.1. The molecule has 0 atom stereocenters. The highest BCUT2D eigenvalue weighted by atomic mass is 35.5. The van der Waals surface area contributed by atoms with E-state index in [1.807, 2.05) is 13.0 Å². The lowest BCUT2D eigenvalue weighted by molar-refractivity contribution is 0.885. The SMILES string of the molecule is Cc1ccc(C#N)c2nc(CCl)nn12. The predicted molar refractivity (Wildman–Crippen MR) is 52.0 cm³/mol. The maximum Gasteiger partial charge on any atom is 0.173 e. The van der Waals surface area contributed by atoms with Crippen LogP contribution in [0.3, 0.4) is 0 Å². The first-order valence-electron chi connectivity index (χ1n) is 4.07. The summed E-state index contributed by atoms with van der Waals surface area (Å²) in [5, 5.41) is 13.0. The molecule has 0 N–H and O–H groups in total. The Morgan fingerprint density at radius 2 is 2.36 bits per heavy atom. The fraction of sp³-hybridized carbons (Fsp3) is 0.222. The third kappa shape index (κ3) is 1.22. The lowest BCUT2D eigenvalue weighted by Crippen LogP contribution is -1.95. The average molecular weight is 207 g/mol. The first-order chi connectivity index (χ1) is 6.76. The number of nitrogens with zero attached hydrogens (tertiary/aromatic N) is 4. The summed E-state index contributed by atoms with van der Waals surface area (Å²) in [4.78, 5) is 4.16. The summed E-state index contributed by atoms with van der Waals surface area (Å²) in [5.74, 6) is 0.795. The molecule has 0 spiro atoms. The second-order valence-electron chi connectivity index (χ2n) is 2.90. The molecule has 0 unspecified atom stereocenters. The normalized spacial score (nSPS) is 10.4. The van der Waals surface area contributed by atoms with Crippen LogP contribution in [0.1, 0.15) is 17.1 Å². The quantitative estimate of drug-likeness (QED) is 0.667. The van der Waals surface area contributed by atoms with Crippen molar-refractivity contribution in [2.24, 2.45) is 0 Å². The summed E-state index contributed by atoms with van der Waals surface area (Å²) < 4.78 is 1.64. The van der Waals surface area contributed by atoms with Gasteiger partial charge in [-0.3, -0.25) is 0 Å². The van der Waals surface area contributed by atoms with Crippen molar-refractivity contribution in [2.45, 2.75) is 12.8 Å². The molecule has 0 bridgehead atoms. The number of nitriles is 1. The molecule has 0 aliphatic heterocycles. The molecule has 0 aliphatic carbocycles. The highest BCUT2D eigenvalue weighted by molar-refractivity contribution is 6.16. The van der Waals surface area contributed by atoms with Crippen LogP contribution in [0.2, 0.25) is 0 Å². The molecule has 0 amide bonds. The minimum atomic E-state index is 0.256. The molecule has 0 fully saturated rings. The van der Waals surface area contributed by atoms with Crippen LogP contribution in [0, 0.1) is 18.3 Å². The summed E-state index contributed by atoms with van der Waals surface area (Å²) in [6.07, 6.45) is 0. The highest BCUT2D eigenvalue weighted by Crippen LogP contribution is 2.11. The molecule has 0 saturated heterocycles. The van der Waals surface area contributed by atoms with E-state index in [1.54, 1.807) is 10.6 Å². The maximum atomic E-state index is 8.84. The molecule has 0 radical (unpaired) electrons. The van der Waals surface area contributed by atoms with E-state index in [0.29, 0.717) is 17.0 Å². The van der Waals surface area contributed by atoms with E-state index in [1.165, 1.54) is 0 Å². The van der Waals surface area contributed by atoms with E-state index in [0.717, 1.165) is 5.69 Å². The molecule has 0 aromatic carbocycles. The minimum absolute atomic E-state index is 0.256. The minimum Gasteiger partial charge on any atom is -0.217 e. The number of aromatic nitrogens is 3. The smallest absolute Gasteiger partial charge is 0.173 e. The number of hydrogen-bond acceptors (Lipinski definition) is 3. The average Bonchev–Trinajstić information content (AvgIpc) is 2.63. The van der Waals surface area contributed by atoms with Gasteiger partial charge in [-0.25, -0.2) is 9.50 Å². The molecule has 2 rings (SSSR count). The van der Waals surface area contributed by atoms with Gasteiger partial charge in [0.15, 0.2) is 11.5 Å². The first kappa shape index (κ1) is 8.97. The van der Waals surface area contributed by atoms with Crippen molar-refractivity contribution >= 4 is 17.2 Å². The predicted octanol–water partition coefficient (Wildman–Crippen LogP) is 1.65. The first-order valence-corrected chi connectivity index (χ1v) is 4.61. The molecule has 70 valence electrons. The monoisotopic (exact) mass is 206 g/mol. The van der Waals surface area contributed by atoms with Crippen molar-refractivity contribution in [3.63, 3.8) is 0 Å². The summed E-state index contributed by atoms with van der Waals surface area (Å²) in [6.45, 7) is 1.90. The van der Waals surface area contributed by atoms with Crippen LogP contribution in [0.15, 0.2) is 12.1 Å². The molecule has 0 aliphatic rings. The Hall–Kier alpha value is -1.60. The Kier molecular flexibility index (Phi) is 2.10. The molecular weight excluding hydrogens is 200 g/mol. The fourth-order valence-corrected chi connectivity index (χ4v) is 1.38. The van der Waals surface area contributed by atoms with Crippen LogP contribution in [-0.2, 0) is 5.88 Å². The van der Waals surface area contributed by atoms with Gasteiger partial charge in [-0.05, 0) is 19.1 Å². The van der Waals surface area contributed by atoms with Crippen molar-refractivity contribution in [2.75, 3.05) is 0 Å². The van der Waals surface area contributed by atoms with Crippen molar-refractivity contribution in [3.05, 3.63) is 29.2 Å². The zero-order valence-corrected chi connectivity index (χ0v) is 8.28. The summed E-state index contributed by atoms with van der Waals surface area (Å²) in [7, 11) is 0. The topological polar surface area (TPSA) is 54.0 Å². The van der Waals surface area contributed by atoms with Gasteiger partial charge in [0.05, 0.1) is 11.4 Å². The van der Waals surface area contributed by atoms with E-state index in [9.17, 15) is 0 Å². The largest absolute Gasteiger partial charge is 0.217 e. The molecule has 4 nitrogen and oxygen atoms in total. The van der Waals surface area contributed by atoms with Crippen LogP contribution >= 0.6 is 11.6 Å². The molecule has 2 heterocycles. The van der Waals surface area contributed by atoms with Gasteiger partial charge in [0.2, 0.25) is 0 Å². The molecular formula is C9H7ClN4. The third-order valence-corrected chi connectivity index (χ3v) is 2.20. The van der Waals surface area contributed by atoms with Crippen molar-refractivity contribution in [1.82, 2.24) is 14.6 Å². The highest BCUT2D eigenvalue weighted by Gasteiger charge is 2.08. The van der Waals surface area contributed by atoms with Crippen LogP contribution < -0.4 is 0 Å². The van der Waals surface area contributed by atoms with Gasteiger partial charge in [0, 0.05) is 5.69 Å². The van der Waals surface area contributed by atoms with Crippen LogP contribution in [0.25, 0.3) is 5.65 Å². The van der Waals surface area contributed by atoms with Gasteiger partial charge in [0.25, 0.3) is 0 Å². The molecule has 14 heavy (non-hydrogen) atoms. The Labute approximate surface area is 85.7 Å². The number of halogens is 1. The van der Waals surface area contributed by atoms with Crippen molar-refractivity contribution in [1.29, 1.82) is 5.26 Å². The lowest BCUT2D eigenvalue weighted by Gasteiger charge is -1.97. The maximum absolute atomic E-state index is 8.84. The van der Waals surface area contributed by atoms with E-state index in [-0.39, 0.29) is 5.88 Å². The summed E-state index contributed by atoms with van der Waals surface area (Å²) in [5.41, 5.74) is 2.02. The van der Waals surface area contributed by atoms with Gasteiger partial charge in [-0.2, -0.15) is 5.26 Å². The number of aryl methyl sites for hydroxylation is 1. The van der Waals surface area contributed by atoms with Gasteiger partial charge >= 0.3 is 0 Å². The zero-order valence-electron chi connectivity index (χ0n) is 7.53. The van der Waals surface area contributed by atoms with Gasteiger partial charge in [-0.15, -0.1) is 16.7 Å². The van der Waals surface area contributed by atoms with Gasteiger partial charge in [-0.1, -0.05) is 0 Å². The summed E-state index contributed by atoms with van der Waals surface area (Å²) in [6, 6.07) is 5.63. The Bertz CT molecular complexity index is 523. The van der Waals surface area contributed by atoms with Crippen LogP contribution in [0.4, 0.5) is 0 Å². The Morgan fingerprint density at radius 3 is 3.00 bits per heavy atom. The van der Waals surface area contributed by atoms with Gasteiger partial charge < -0.3 is 0 Å². The fourth-order valence-electron chi connectivity index (χ4n) is 1.27. The molecule has 5 heteroatoms. The van der Waals surface area contributed by atoms with Crippen LogP contribution in [0.5, 0.6) is 0 Å². The van der Waals surface area contributed by atoms with Crippen LogP contribution in [-0.4, -0.2) is 14.6 Å². The van der Waals surface area contributed by atoms with Crippen molar-refractivity contribution in [3.8, 4) is 6.07 Å². The number of fused-ring (bicyclic) bond motifs is 1. The van der Waals surface area contributed by atoms with E-state index >= 15 is 0 Å². The number of alkyl halides is 1. The van der Waals surface area contributed by atoms with Crippen molar-refractivity contribution < 1.29 is 0 Å². The third-order valence-electron chi connectivity index (χ3n) is 1.96. The molecule has 2 aromatic heterocycles.